The third-order valence-electron chi connectivity index (χ3n) is 4.55. The second-order valence-corrected chi connectivity index (χ2v) is 6.91. The Bertz CT molecular complexity index is 950. The van der Waals surface area contributed by atoms with Gasteiger partial charge in [-0.3, -0.25) is 4.79 Å². The van der Waals surface area contributed by atoms with Crippen LogP contribution >= 0.6 is 0 Å². The number of aliphatic carboxylic acids is 1. The molecule has 1 atom stereocenters. The fourth-order valence-electron chi connectivity index (χ4n) is 3.07. The summed E-state index contributed by atoms with van der Waals surface area (Å²) in [4.78, 5) is 29.5. The van der Waals surface area contributed by atoms with Crippen molar-refractivity contribution in [3.8, 4) is 0 Å². The Labute approximate surface area is 163 Å². The van der Waals surface area contributed by atoms with Crippen LogP contribution in [0.25, 0.3) is 6.08 Å². The van der Waals surface area contributed by atoms with E-state index in [0.717, 1.165) is 16.7 Å². The molecule has 0 radical (unpaired) electrons. The number of carboxylic acid groups (broad SMARTS) is 1. The number of hydrogen-bond acceptors (Lipinski definition) is 5. The molecule has 144 valence electrons. The molecule has 1 aliphatic rings. The minimum absolute atomic E-state index is 0.0427. The summed E-state index contributed by atoms with van der Waals surface area (Å²) in [6.45, 7) is 3.82. The Kier molecular flexibility index (Phi) is 5.59. The molecule has 6 heteroatoms. The summed E-state index contributed by atoms with van der Waals surface area (Å²) < 4.78 is 0. The molecule has 1 aliphatic heterocycles. The molecule has 0 saturated heterocycles. The predicted octanol–water partition coefficient (Wildman–Crippen LogP) is 2.61. The van der Waals surface area contributed by atoms with E-state index in [1.807, 2.05) is 62.4 Å². The highest BCUT2D eigenvalue weighted by Gasteiger charge is 2.46. The number of carbonyl (C=O) groups is 2. The molecule has 0 unspecified atom stereocenters. The Morgan fingerprint density at radius 1 is 1.18 bits per heavy atom. The zero-order valence-corrected chi connectivity index (χ0v) is 15.8. The number of aryl methyl sites for hydroxylation is 2. The molecule has 1 heterocycles. The van der Waals surface area contributed by atoms with Gasteiger partial charge in [0, 0.05) is 24.5 Å². The average molecular weight is 377 g/mol. The van der Waals surface area contributed by atoms with Crippen molar-refractivity contribution in [3.05, 3.63) is 71.3 Å². The average Bonchev–Trinajstić information content (AvgIpc) is 3.07. The van der Waals surface area contributed by atoms with E-state index >= 15 is 0 Å². The summed E-state index contributed by atoms with van der Waals surface area (Å²) in [6.07, 6.45) is 3.01. The number of rotatable bonds is 6. The number of nitrogens with zero attached hydrogens (tertiary/aromatic N) is 1. The zero-order valence-electron chi connectivity index (χ0n) is 15.8. The molecule has 28 heavy (non-hydrogen) atoms. The molecular weight excluding hydrogens is 356 g/mol. The van der Waals surface area contributed by atoms with E-state index in [2.05, 4.69) is 10.5 Å². The first kappa shape index (κ1) is 19.4. The van der Waals surface area contributed by atoms with Gasteiger partial charge in [-0.1, -0.05) is 59.3 Å². The largest absolute Gasteiger partial charge is 0.550 e. The van der Waals surface area contributed by atoms with Crippen molar-refractivity contribution in [3.63, 3.8) is 0 Å². The first-order valence-electron chi connectivity index (χ1n) is 8.95. The van der Waals surface area contributed by atoms with Crippen LogP contribution in [0.3, 0.4) is 0 Å². The molecule has 0 aliphatic carbocycles. The van der Waals surface area contributed by atoms with Gasteiger partial charge in [-0.05, 0) is 37.1 Å². The number of nitrogens with one attached hydrogen (secondary N) is 1. The fraction of sp³-hybridized carbons (Fsp3) is 0.227. The van der Waals surface area contributed by atoms with Crippen LogP contribution < -0.4 is 10.4 Å². The number of hydrogen-bond donors (Lipinski definition) is 1. The van der Waals surface area contributed by atoms with E-state index in [4.69, 9.17) is 4.84 Å². The molecule has 2 aromatic carbocycles. The number of allylic oxidation sites excluding steroid dienone is 1. The molecule has 1 amide bonds. The fourth-order valence-corrected chi connectivity index (χ4v) is 3.07. The van der Waals surface area contributed by atoms with E-state index in [1.165, 1.54) is 0 Å². The minimum Gasteiger partial charge on any atom is -0.550 e. The second-order valence-electron chi connectivity index (χ2n) is 6.91. The van der Waals surface area contributed by atoms with Crippen LogP contribution in [0.4, 0.5) is 5.69 Å². The normalized spacial score (nSPS) is 18.6. The van der Waals surface area contributed by atoms with E-state index in [0.29, 0.717) is 11.4 Å². The quantitative estimate of drug-likeness (QED) is 0.838. The number of carboxylic acids is 1. The molecule has 0 aromatic heterocycles. The second kappa shape index (κ2) is 8.08. The summed E-state index contributed by atoms with van der Waals surface area (Å²) in [5, 5.41) is 18.0. The monoisotopic (exact) mass is 377 g/mol. The summed E-state index contributed by atoms with van der Waals surface area (Å²) in [5.41, 5.74) is 2.36. The lowest BCUT2D eigenvalue weighted by atomic mass is 9.91. The Hall–Kier alpha value is -3.41. The maximum atomic E-state index is 12.9. The summed E-state index contributed by atoms with van der Waals surface area (Å²) in [7, 11) is 0. The smallest absolute Gasteiger partial charge is 0.272 e. The van der Waals surface area contributed by atoms with Crippen LogP contribution in [0.5, 0.6) is 0 Å². The predicted molar refractivity (Wildman–Crippen MR) is 106 cm³/mol. The SMILES string of the molecule is Cc1ccc(NC(=O)[C@@]2(CC(=O)[O-])CC(/C=C/c3ccccc3)=NO2)c(C)c1. The number of benzene rings is 2. The van der Waals surface area contributed by atoms with Crippen LogP contribution in [0.1, 0.15) is 29.5 Å². The van der Waals surface area contributed by atoms with Gasteiger partial charge in [0.1, 0.15) is 0 Å². The zero-order chi connectivity index (χ0) is 20.1. The van der Waals surface area contributed by atoms with Crippen LogP contribution in [0.2, 0.25) is 0 Å². The Morgan fingerprint density at radius 2 is 1.93 bits per heavy atom. The highest BCUT2D eigenvalue weighted by Crippen LogP contribution is 2.30. The van der Waals surface area contributed by atoms with Gasteiger partial charge in [-0.25, -0.2) is 0 Å². The van der Waals surface area contributed by atoms with E-state index in [1.54, 1.807) is 12.1 Å². The lowest BCUT2D eigenvalue weighted by molar-refractivity contribution is -0.309. The topological polar surface area (TPSA) is 90.8 Å². The van der Waals surface area contributed by atoms with Crippen molar-refractivity contribution in [1.29, 1.82) is 0 Å². The summed E-state index contributed by atoms with van der Waals surface area (Å²) in [6, 6.07) is 15.2. The molecule has 2 aromatic rings. The maximum absolute atomic E-state index is 12.9. The first-order valence-corrected chi connectivity index (χ1v) is 8.95. The van der Waals surface area contributed by atoms with Crippen molar-refractivity contribution in [1.82, 2.24) is 0 Å². The van der Waals surface area contributed by atoms with Crippen LogP contribution in [0, 0.1) is 13.8 Å². The molecule has 0 fully saturated rings. The Balaban J connectivity index is 1.77. The van der Waals surface area contributed by atoms with Crippen LogP contribution in [-0.2, 0) is 14.4 Å². The molecule has 6 nitrogen and oxygen atoms in total. The van der Waals surface area contributed by atoms with Crippen LogP contribution in [-0.4, -0.2) is 23.2 Å². The molecule has 3 rings (SSSR count). The van der Waals surface area contributed by atoms with Crippen molar-refractivity contribution in [2.45, 2.75) is 32.3 Å². The van der Waals surface area contributed by atoms with E-state index < -0.39 is 23.9 Å². The van der Waals surface area contributed by atoms with Gasteiger partial charge in [0.2, 0.25) is 5.60 Å². The lowest BCUT2D eigenvalue weighted by Crippen LogP contribution is -2.47. The van der Waals surface area contributed by atoms with E-state index in [-0.39, 0.29) is 6.42 Å². The standard InChI is InChI=1S/C22H22N2O4/c1-15-8-11-19(16(2)12-15)23-21(27)22(14-20(25)26)13-18(24-28-22)10-9-17-6-4-3-5-7-17/h3-12H,13-14H2,1-2H3,(H,23,27)(H,25,26)/p-1/b10-9+/t22-/m0/s1. The highest BCUT2D eigenvalue weighted by atomic mass is 16.7. The molecule has 0 spiro atoms. The van der Waals surface area contributed by atoms with E-state index in [9.17, 15) is 14.7 Å². The van der Waals surface area contributed by atoms with Gasteiger partial charge in [0.15, 0.2) is 0 Å². The van der Waals surface area contributed by atoms with Gasteiger partial charge in [0.25, 0.3) is 5.91 Å². The first-order chi connectivity index (χ1) is 13.4. The number of amides is 1. The van der Waals surface area contributed by atoms with Crippen LogP contribution in [0.15, 0.2) is 59.8 Å². The molecular formula is C22H21N2O4-. The van der Waals surface area contributed by atoms with Crippen molar-refractivity contribution in [2.75, 3.05) is 5.32 Å². The maximum Gasteiger partial charge on any atom is 0.272 e. The number of carbonyl (C=O) groups excluding carboxylic acids is 2. The third-order valence-corrected chi connectivity index (χ3v) is 4.55. The summed E-state index contributed by atoms with van der Waals surface area (Å²) in [5.74, 6) is -1.94. The molecule has 0 bridgehead atoms. The van der Waals surface area contributed by atoms with Gasteiger partial charge in [0.05, 0.1) is 5.71 Å². The van der Waals surface area contributed by atoms with Gasteiger partial charge < -0.3 is 20.1 Å². The molecule has 1 N–H and O–H groups in total. The minimum atomic E-state index is -1.63. The van der Waals surface area contributed by atoms with Crippen molar-refractivity contribution >= 4 is 29.4 Å². The lowest BCUT2D eigenvalue weighted by Gasteiger charge is -2.26. The molecule has 0 saturated carbocycles. The van der Waals surface area contributed by atoms with Gasteiger partial charge >= 0.3 is 0 Å². The van der Waals surface area contributed by atoms with Crippen molar-refractivity contribution in [2.24, 2.45) is 5.16 Å². The number of oxime groups is 1. The van der Waals surface area contributed by atoms with Gasteiger partial charge in [-0.15, -0.1) is 0 Å². The highest BCUT2D eigenvalue weighted by molar-refractivity contribution is 6.08. The Morgan fingerprint density at radius 3 is 2.61 bits per heavy atom. The summed E-state index contributed by atoms with van der Waals surface area (Å²) >= 11 is 0. The number of anilines is 1. The van der Waals surface area contributed by atoms with Crippen molar-refractivity contribution < 1.29 is 19.5 Å². The third kappa shape index (κ3) is 4.46. The van der Waals surface area contributed by atoms with Gasteiger partial charge in [-0.2, -0.15) is 0 Å².